The lowest BCUT2D eigenvalue weighted by Gasteiger charge is -2.25. The Morgan fingerprint density at radius 1 is 1.00 bits per heavy atom. The topological polar surface area (TPSA) is 6.48 Å². The monoisotopic (exact) mass is 154 g/mol. The maximum atomic E-state index is 2.65. The molecule has 2 aliphatic heterocycles. The Balaban J connectivity index is 2.00. The molecule has 1 atom stereocenters. The first-order chi connectivity index (χ1) is 5.38. The molecule has 11 heavy (non-hydrogen) atoms. The van der Waals surface area contributed by atoms with Gasteiger partial charge in [-0.1, -0.05) is 12.8 Å². The molecule has 0 radical (unpaired) electrons. The molecule has 0 aliphatic carbocycles. The van der Waals surface area contributed by atoms with Gasteiger partial charge in [0.25, 0.3) is 0 Å². The van der Waals surface area contributed by atoms with Crippen LogP contribution >= 0.6 is 0 Å². The second kappa shape index (κ2) is 3.11. The predicted octanol–water partition coefficient (Wildman–Crippen LogP) is 1.13. The van der Waals surface area contributed by atoms with E-state index in [9.17, 15) is 0 Å². The zero-order valence-corrected chi connectivity index (χ0v) is 7.42. The molecule has 2 saturated heterocycles. The van der Waals surface area contributed by atoms with E-state index in [1.54, 1.807) is 0 Å². The van der Waals surface area contributed by atoms with Crippen LogP contribution in [-0.2, 0) is 0 Å². The van der Waals surface area contributed by atoms with Crippen molar-refractivity contribution in [2.45, 2.75) is 31.8 Å². The van der Waals surface area contributed by atoms with Crippen molar-refractivity contribution < 1.29 is 0 Å². The molecule has 0 spiro atoms. The van der Waals surface area contributed by atoms with E-state index in [0.717, 1.165) is 6.17 Å². The summed E-state index contributed by atoms with van der Waals surface area (Å²) in [6.45, 7) is 3.93. The Morgan fingerprint density at radius 3 is 2.82 bits per heavy atom. The Morgan fingerprint density at radius 2 is 1.91 bits per heavy atom. The van der Waals surface area contributed by atoms with Crippen LogP contribution in [0.15, 0.2) is 0 Å². The Bertz CT molecular complexity index is 136. The van der Waals surface area contributed by atoms with Crippen LogP contribution in [0.4, 0.5) is 0 Å². The van der Waals surface area contributed by atoms with Crippen molar-refractivity contribution >= 4 is 0 Å². The summed E-state index contributed by atoms with van der Waals surface area (Å²) >= 11 is 0. The molecule has 2 rings (SSSR count). The molecule has 0 aromatic heterocycles. The second-order valence-corrected chi connectivity index (χ2v) is 3.85. The first kappa shape index (κ1) is 7.56. The van der Waals surface area contributed by atoms with Crippen LogP contribution < -0.4 is 0 Å². The van der Waals surface area contributed by atoms with Crippen molar-refractivity contribution in [2.75, 3.05) is 26.7 Å². The summed E-state index contributed by atoms with van der Waals surface area (Å²) in [7, 11) is 2.26. The van der Waals surface area contributed by atoms with Crippen molar-refractivity contribution in [3.05, 3.63) is 0 Å². The van der Waals surface area contributed by atoms with Crippen molar-refractivity contribution in [3.63, 3.8) is 0 Å². The molecule has 0 aromatic carbocycles. The number of fused-ring (bicyclic) bond motifs is 1. The molecule has 2 aliphatic rings. The molecule has 0 saturated carbocycles. The number of rotatable bonds is 0. The first-order valence-corrected chi connectivity index (χ1v) is 4.82. The molecular weight excluding hydrogens is 136 g/mol. The van der Waals surface area contributed by atoms with Gasteiger partial charge in [0, 0.05) is 13.1 Å². The van der Waals surface area contributed by atoms with Crippen LogP contribution in [0, 0.1) is 0 Å². The highest BCUT2D eigenvalue weighted by Gasteiger charge is 2.29. The summed E-state index contributed by atoms with van der Waals surface area (Å²) in [5, 5.41) is 0. The van der Waals surface area contributed by atoms with Crippen LogP contribution in [0.5, 0.6) is 0 Å². The molecule has 0 N–H and O–H groups in total. The zero-order chi connectivity index (χ0) is 7.68. The zero-order valence-electron chi connectivity index (χ0n) is 7.42. The van der Waals surface area contributed by atoms with Gasteiger partial charge in [0.15, 0.2) is 0 Å². The van der Waals surface area contributed by atoms with E-state index in [4.69, 9.17) is 0 Å². The molecule has 2 heterocycles. The lowest BCUT2D eigenvalue weighted by molar-refractivity contribution is 0.160. The second-order valence-electron chi connectivity index (χ2n) is 3.85. The van der Waals surface area contributed by atoms with E-state index in [1.807, 2.05) is 0 Å². The van der Waals surface area contributed by atoms with Crippen molar-refractivity contribution in [1.29, 1.82) is 0 Å². The highest BCUT2D eigenvalue weighted by molar-refractivity contribution is 4.81. The molecule has 2 nitrogen and oxygen atoms in total. The van der Waals surface area contributed by atoms with E-state index in [1.165, 1.54) is 45.3 Å². The molecule has 0 amide bonds. The van der Waals surface area contributed by atoms with Gasteiger partial charge in [-0.15, -0.1) is 0 Å². The first-order valence-electron chi connectivity index (χ1n) is 4.82. The minimum Gasteiger partial charge on any atom is -0.290 e. The van der Waals surface area contributed by atoms with Gasteiger partial charge in [-0.25, -0.2) is 0 Å². The minimum atomic E-state index is 0.789. The van der Waals surface area contributed by atoms with E-state index in [0.29, 0.717) is 0 Å². The van der Waals surface area contributed by atoms with Crippen LogP contribution in [0.1, 0.15) is 25.7 Å². The Hall–Kier alpha value is -0.0800. The van der Waals surface area contributed by atoms with Gasteiger partial charge in [-0.05, 0) is 26.4 Å². The largest absolute Gasteiger partial charge is 0.290 e. The minimum absolute atomic E-state index is 0.789. The number of nitrogens with zero attached hydrogens (tertiary/aromatic N) is 2. The van der Waals surface area contributed by atoms with Gasteiger partial charge in [-0.2, -0.15) is 0 Å². The SMILES string of the molecule is CN1CCN2CCCCCC12. The van der Waals surface area contributed by atoms with E-state index < -0.39 is 0 Å². The van der Waals surface area contributed by atoms with Crippen molar-refractivity contribution in [2.24, 2.45) is 0 Å². The third-order valence-electron chi connectivity index (χ3n) is 3.08. The van der Waals surface area contributed by atoms with E-state index in [2.05, 4.69) is 16.8 Å². The third-order valence-corrected chi connectivity index (χ3v) is 3.08. The standard InChI is InChI=1S/C9H18N2/c1-10-7-8-11-6-4-2-3-5-9(10)11/h9H,2-8H2,1H3. The fourth-order valence-electron chi connectivity index (χ4n) is 2.35. The Kier molecular flexibility index (Phi) is 2.14. The molecule has 1 unspecified atom stereocenters. The summed E-state index contributed by atoms with van der Waals surface area (Å²) in [5.74, 6) is 0. The predicted molar refractivity (Wildman–Crippen MR) is 46.5 cm³/mol. The molecule has 2 heteroatoms. The molecular formula is C9H18N2. The van der Waals surface area contributed by atoms with Crippen molar-refractivity contribution in [3.8, 4) is 0 Å². The summed E-state index contributed by atoms with van der Waals surface area (Å²) in [6.07, 6.45) is 6.49. The fourth-order valence-corrected chi connectivity index (χ4v) is 2.35. The highest BCUT2D eigenvalue weighted by atomic mass is 15.4. The number of likely N-dealkylation sites (N-methyl/N-ethyl adjacent to an activating group) is 1. The van der Waals surface area contributed by atoms with Gasteiger partial charge >= 0.3 is 0 Å². The van der Waals surface area contributed by atoms with Gasteiger partial charge in [0.1, 0.15) is 0 Å². The van der Waals surface area contributed by atoms with Crippen LogP contribution in [-0.4, -0.2) is 42.6 Å². The maximum Gasteiger partial charge on any atom is 0.0620 e. The van der Waals surface area contributed by atoms with Gasteiger partial charge in [0.2, 0.25) is 0 Å². The van der Waals surface area contributed by atoms with Gasteiger partial charge in [-0.3, -0.25) is 9.80 Å². The molecule has 2 fully saturated rings. The summed E-state index contributed by atoms with van der Waals surface area (Å²) in [6, 6.07) is 0. The quantitative estimate of drug-likeness (QED) is 0.516. The lowest BCUT2D eigenvalue weighted by atomic mass is 10.2. The van der Waals surface area contributed by atoms with Crippen LogP contribution in [0.25, 0.3) is 0 Å². The summed E-state index contributed by atoms with van der Waals surface area (Å²) < 4.78 is 0. The molecule has 64 valence electrons. The fraction of sp³-hybridized carbons (Fsp3) is 1.00. The van der Waals surface area contributed by atoms with E-state index in [-0.39, 0.29) is 0 Å². The van der Waals surface area contributed by atoms with E-state index >= 15 is 0 Å². The average Bonchev–Trinajstić information content (AvgIpc) is 2.25. The maximum absolute atomic E-state index is 2.65. The smallest absolute Gasteiger partial charge is 0.0620 e. The van der Waals surface area contributed by atoms with Gasteiger partial charge in [0.05, 0.1) is 6.17 Å². The summed E-state index contributed by atoms with van der Waals surface area (Å²) in [5.41, 5.74) is 0. The molecule has 0 aromatic rings. The summed E-state index contributed by atoms with van der Waals surface area (Å²) in [4.78, 5) is 5.15. The normalized spacial score (nSPS) is 35.2. The van der Waals surface area contributed by atoms with Crippen LogP contribution in [0.2, 0.25) is 0 Å². The van der Waals surface area contributed by atoms with Crippen LogP contribution in [0.3, 0.4) is 0 Å². The Labute approximate surface area is 69.2 Å². The number of hydrogen-bond donors (Lipinski definition) is 0. The van der Waals surface area contributed by atoms with Crippen molar-refractivity contribution in [1.82, 2.24) is 9.80 Å². The average molecular weight is 154 g/mol. The third kappa shape index (κ3) is 1.42. The highest BCUT2D eigenvalue weighted by Crippen LogP contribution is 2.22. The number of hydrogen-bond acceptors (Lipinski definition) is 2. The van der Waals surface area contributed by atoms with Gasteiger partial charge < -0.3 is 0 Å². The molecule has 0 bridgehead atoms. The lowest BCUT2D eigenvalue weighted by Crippen LogP contribution is -2.35.